The lowest BCUT2D eigenvalue weighted by Crippen LogP contribution is -2.31. The first kappa shape index (κ1) is 21.4. The molecular weight excluding hydrogens is 428 g/mol. The number of urea groups is 1. The highest BCUT2D eigenvalue weighted by molar-refractivity contribution is 7.09. The van der Waals surface area contributed by atoms with Gasteiger partial charge < -0.3 is 24.8 Å². The topological polar surface area (TPSA) is 94.6 Å². The minimum absolute atomic E-state index is 0.173. The van der Waals surface area contributed by atoms with Gasteiger partial charge in [0.2, 0.25) is 0 Å². The van der Waals surface area contributed by atoms with E-state index in [9.17, 15) is 4.79 Å². The Labute approximate surface area is 189 Å². The Bertz CT molecular complexity index is 1210. The Morgan fingerprint density at radius 3 is 2.41 bits per heavy atom. The SMILES string of the molecule is COc1cc2nccc(Oc3ccc(NC(=O)NC(C)c4nccs4)cc3)c2cc1OC. The molecule has 164 valence electrons. The minimum Gasteiger partial charge on any atom is -0.493 e. The molecule has 0 radical (unpaired) electrons. The summed E-state index contributed by atoms with van der Waals surface area (Å²) in [5.74, 6) is 2.44. The second-order valence-electron chi connectivity index (χ2n) is 6.85. The van der Waals surface area contributed by atoms with Crippen LogP contribution >= 0.6 is 11.3 Å². The molecule has 2 heterocycles. The third-order valence-electron chi connectivity index (χ3n) is 4.72. The van der Waals surface area contributed by atoms with Crippen molar-refractivity contribution in [1.29, 1.82) is 0 Å². The van der Waals surface area contributed by atoms with E-state index < -0.39 is 0 Å². The third-order valence-corrected chi connectivity index (χ3v) is 5.67. The van der Waals surface area contributed by atoms with E-state index in [2.05, 4.69) is 20.6 Å². The van der Waals surface area contributed by atoms with Crippen molar-refractivity contribution in [3.8, 4) is 23.0 Å². The number of methoxy groups -OCH3 is 2. The van der Waals surface area contributed by atoms with E-state index >= 15 is 0 Å². The number of amides is 2. The number of nitrogens with one attached hydrogen (secondary N) is 2. The summed E-state index contributed by atoms with van der Waals surface area (Å²) in [4.78, 5) is 20.8. The molecule has 9 heteroatoms. The van der Waals surface area contributed by atoms with Gasteiger partial charge in [0.1, 0.15) is 16.5 Å². The maximum Gasteiger partial charge on any atom is 0.319 e. The van der Waals surface area contributed by atoms with Crippen molar-refractivity contribution in [2.24, 2.45) is 0 Å². The number of nitrogens with zero attached hydrogens (tertiary/aromatic N) is 2. The molecule has 1 unspecified atom stereocenters. The molecule has 2 aromatic carbocycles. The zero-order chi connectivity index (χ0) is 22.5. The lowest BCUT2D eigenvalue weighted by atomic mass is 10.2. The molecule has 0 spiro atoms. The van der Waals surface area contributed by atoms with Gasteiger partial charge >= 0.3 is 6.03 Å². The van der Waals surface area contributed by atoms with Gasteiger partial charge in [-0.1, -0.05) is 0 Å². The first-order valence-corrected chi connectivity index (χ1v) is 10.7. The van der Waals surface area contributed by atoms with Crippen molar-refractivity contribution in [3.63, 3.8) is 0 Å². The van der Waals surface area contributed by atoms with Gasteiger partial charge in [0.15, 0.2) is 11.5 Å². The normalized spacial score (nSPS) is 11.6. The predicted octanol–water partition coefficient (Wildman–Crippen LogP) is 5.38. The van der Waals surface area contributed by atoms with Crippen LogP contribution < -0.4 is 24.8 Å². The Balaban J connectivity index is 1.45. The molecule has 0 aliphatic carbocycles. The quantitative estimate of drug-likeness (QED) is 0.392. The van der Waals surface area contributed by atoms with Crippen LogP contribution in [0.3, 0.4) is 0 Å². The molecule has 0 fully saturated rings. The van der Waals surface area contributed by atoms with Crippen molar-refractivity contribution in [1.82, 2.24) is 15.3 Å². The number of carbonyl (C=O) groups is 1. The van der Waals surface area contributed by atoms with Crippen LogP contribution in [0.2, 0.25) is 0 Å². The fourth-order valence-electron chi connectivity index (χ4n) is 3.14. The summed E-state index contributed by atoms with van der Waals surface area (Å²) in [7, 11) is 3.17. The van der Waals surface area contributed by atoms with E-state index in [1.807, 2.05) is 18.4 Å². The van der Waals surface area contributed by atoms with Crippen molar-refractivity contribution < 1.29 is 19.0 Å². The number of hydrogen-bond donors (Lipinski definition) is 2. The highest BCUT2D eigenvalue weighted by Gasteiger charge is 2.13. The number of aromatic nitrogens is 2. The molecule has 4 aromatic rings. The maximum absolute atomic E-state index is 12.2. The third kappa shape index (κ3) is 4.73. The summed E-state index contributed by atoms with van der Waals surface area (Å²) in [6, 6.07) is 12.1. The number of hydrogen-bond acceptors (Lipinski definition) is 7. The average molecular weight is 451 g/mol. The summed E-state index contributed by atoms with van der Waals surface area (Å²) >= 11 is 1.50. The van der Waals surface area contributed by atoms with Crippen LogP contribution in [0.4, 0.5) is 10.5 Å². The molecule has 0 saturated heterocycles. The molecule has 32 heavy (non-hydrogen) atoms. The second kappa shape index (κ2) is 9.52. The number of ether oxygens (including phenoxy) is 3. The van der Waals surface area contributed by atoms with Crippen molar-refractivity contribution in [2.75, 3.05) is 19.5 Å². The van der Waals surface area contributed by atoms with Crippen LogP contribution in [0.25, 0.3) is 10.9 Å². The summed E-state index contributed by atoms with van der Waals surface area (Å²) in [5.41, 5.74) is 1.37. The fraction of sp³-hybridized carbons (Fsp3) is 0.174. The monoisotopic (exact) mass is 450 g/mol. The number of carbonyl (C=O) groups excluding carboxylic acids is 1. The molecule has 1 atom stereocenters. The standard InChI is InChI=1S/C23H22N4O4S/c1-14(22-25-10-11-32-22)26-23(28)27-15-4-6-16(7-5-15)31-19-8-9-24-18-13-21(30-3)20(29-2)12-17(18)19/h4-14H,1-3H3,(H2,26,27,28). The Morgan fingerprint density at radius 2 is 1.72 bits per heavy atom. The second-order valence-corrected chi connectivity index (χ2v) is 7.78. The van der Waals surface area contributed by atoms with Crippen LogP contribution in [0.15, 0.2) is 60.2 Å². The molecule has 0 aliphatic heterocycles. The smallest absolute Gasteiger partial charge is 0.319 e. The number of benzene rings is 2. The number of anilines is 1. The van der Waals surface area contributed by atoms with E-state index in [0.717, 1.165) is 15.9 Å². The van der Waals surface area contributed by atoms with Gasteiger partial charge in [-0.3, -0.25) is 4.98 Å². The van der Waals surface area contributed by atoms with Gasteiger partial charge in [-0.2, -0.15) is 0 Å². The number of fused-ring (bicyclic) bond motifs is 1. The Kier molecular flexibility index (Phi) is 6.37. The van der Waals surface area contributed by atoms with Crippen LogP contribution in [0, 0.1) is 0 Å². The molecule has 2 N–H and O–H groups in total. The number of pyridine rings is 1. The number of thiazole rings is 1. The zero-order valence-electron chi connectivity index (χ0n) is 17.8. The van der Waals surface area contributed by atoms with Crippen molar-refractivity contribution >= 4 is 34.0 Å². The van der Waals surface area contributed by atoms with E-state index in [-0.39, 0.29) is 12.1 Å². The van der Waals surface area contributed by atoms with Gasteiger partial charge in [-0.15, -0.1) is 11.3 Å². The summed E-state index contributed by atoms with van der Waals surface area (Å²) < 4.78 is 16.8. The molecule has 0 saturated carbocycles. The molecule has 8 nitrogen and oxygen atoms in total. The highest BCUT2D eigenvalue weighted by Crippen LogP contribution is 2.37. The molecule has 0 aliphatic rings. The molecule has 2 aromatic heterocycles. The van der Waals surface area contributed by atoms with Crippen molar-refractivity contribution in [2.45, 2.75) is 13.0 Å². The Hall–Kier alpha value is -3.85. The van der Waals surface area contributed by atoms with E-state index in [1.165, 1.54) is 11.3 Å². The van der Waals surface area contributed by atoms with Gasteiger partial charge in [-0.05, 0) is 43.3 Å². The molecule has 4 rings (SSSR count). The average Bonchev–Trinajstić information content (AvgIpc) is 3.35. The predicted molar refractivity (Wildman–Crippen MR) is 124 cm³/mol. The molecular formula is C23H22N4O4S. The molecule has 0 bridgehead atoms. The van der Waals surface area contributed by atoms with Crippen LogP contribution in [0.5, 0.6) is 23.0 Å². The van der Waals surface area contributed by atoms with E-state index in [4.69, 9.17) is 14.2 Å². The van der Waals surface area contributed by atoms with Gasteiger partial charge in [-0.25, -0.2) is 9.78 Å². The fourth-order valence-corrected chi connectivity index (χ4v) is 3.79. The maximum atomic E-state index is 12.2. The first-order chi connectivity index (χ1) is 15.6. The van der Waals surface area contributed by atoms with E-state index in [1.54, 1.807) is 63.0 Å². The van der Waals surface area contributed by atoms with Crippen molar-refractivity contribution in [3.05, 3.63) is 65.2 Å². The van der Waals surface area contributed by atoms with Crippen LogP contribution in [-0.4, -0.2) is 30.2 Å². The largest absolute Gasteiger partial charge is 0.493 e. The summed E-state index contributed by atoms with van der Waals surface area (Å²) in [6.45, 7) is 1.89. The highest BCUT2D eigenvalue weighted by atomic mass is 32.1. The van der Waals surface area contributed by atoms with Crippen LogP contribution in [-0.2, 0) is 0 Å². The Morgan fingerprint density at radius 1 is 0.969 bits per heavy atom. The lowest BCUT2D eigenvalue weighted by molar-refractivity contribution is 0.249. The van der Waals surface area contributed by atoms with Gasteiger partial charge in [0, 0.05) is 34.9 Å². The zero-order valence-corrected chi connectivity index (χ0v) is 18.6. The van der Waals surface area contributed by atoms with Gasteiger partial charge in [0.05, 0.1) is 25.8 Å². The molecule has 2 amide bonds. The van der Waals surface area contributed by atoms with E-state index in [0.29, 0.717) is 28.7 Å². The minimum atomic E-state index is -0.303. The summed E-state index contributed by atoms with van der Waals surface area (Å²) in [5, 5.41) is 9.20. The lowest BCUT2D eigenvalue weighted by Gasteiger charge is -2.14. The van der Waals surface area contributed by atoms with Gasteiger partial charge in [0.25, 0.3) is 0 Å². The number of rotatable bonds is 7. The van der Waals surface area contributed by atoms with Crippen LogP contribution in [0.1, 0.15) is 18.0 Å². The summed E-state index contributed by atoms with van der Waals surface area (Å²) in [6.07, 6.45) is 3.39. The first-order valence-electron chi connectivity index (χ1n) is 9.83.